The van der Waals surface area contributed by atoms with E-state index in [4.69, 9.17) is 14.2 Å². The Labute approximate surface area is 176 Å². The van der Waals surface area contributed by atoms with Gasteiger partial charge in [0, 0.05) is 12.1 Å². The lowest BCUT2D eigenvalue weighted by atomic mass is 9.87. The fraction of sp³-hybridized carbons (Fsp3) is 0.240. The number of benzene rings is 3. The Bertz CT molecular complexity index is 1030. The minimum absolute atomic E-state index is 0.0110. The maximum absolute atomic E-state index is 13.4. The second kappa shape index (κ2) is 8.49. The summed E-state index contributed by atoms with van der Waals surface area (Å²) in [5.41, 5.74) is 3.91. The number of methoxy groups -OCH3 is 3. The Morgan fingerprint density at radius 1 is 0.867 bits per heavy atom. The van der Waals surface area contributed by atoms with Crippen molar-refractivity contribution in [1.82, 2.24) is 4.90 Å². The number of amides is 1. The van der Waals surface area contributed by atoms with E-state index in [0.29, 0.717) is 23.6 Å². The van der Waals surface area contributed by atoms with E-state index < -0.39 is 0 Å². The van der Waals surface area contributed by atoms with Crippen molar-refractivity contribution in [2.75, 3.05) is 27.9 Å². The first-order valence-electron chi connectivity index (χ1n) is 9.91. The molecule has 0 bridgehead atoms. The molecule has 0 aromatic heterocycles. The summed E-state index contributed by atoms with van der Waals surface area (Å²) in [5, 5.41) is 0. The van der Waals surface area contributed by atoms with E-state index in [1.807, 2.05) is 71.6 Å². The van der Waals surface area contributed by atoms with E-state index in [9.17, 15) is 4.79 Å². The normalized spacial score (nSPS) is 15.3. The van der Waals surface area contributed by atoms with Gasteiger partial charge < -0.3 is 19.1 Å². The lowest BCUT2D eigenvalue weighted by molar-refractivity contribution is 0.0694. The molecule has 30 heavy (non-hydrogen) atoms. The monoisotopic (exact) mass is 403 g/mol. The molecule has 5 heteroatoms. The first kappa shape index (κ1) is 19.8. The third kappa shape index (κ3) is 3.59. The molecule has 1 heterocycles. The predicted molar refractivity (Wildman–Crippen MR) is 116 cm³/mol. The number of nitrogens with zero attached hydrogens (tertiary/aromatic N) is 1. The third-order valence-corrected chi connectivity index (χ3v) is 5.59. The van der Waals surface area contributed by atoms with Gasteiger partial charge in [-0.05, 0) is 59.5 Å². The molecule has 5 nitrogen and oxygen atoms in total. The fourth-order valence-electron chi connectivity index (χ4n) is 4.06. The van der Waals surface area contributed by atoms with E-state index in [2.05, 4.69) is 0 Å². The molecule has 154 valence electrons. The highest BCUT2D eigenvalue weighted by Crippen LogP contribution is 2.41. The Morgan fingerprint density at radius 2 is 1.53 bits per heavy atom. The van der Waals surface area contributed by atoms with Crippen LogP contribution in [0.3, 0.4) is 0 Å². The van der Waals surface area contributed by atoms with Gasteiger partial charge in [-0.1, -0.05) is 30.3 Å². The number of ether oxygens (including phenoxy) is 3. The number of hydrogen-bond acceptors (Lipinski definition) is 4. The summed E-state index contributed by atoms with van der Waals surface area (Å²) < 4.78 is 16.4. The van der Waals surface area contributed by atoms with Crippen molar-refractivity contribution >= 4 is 5.91 Å². The van der Waals surface area contributed by atoms with Gasteiger partial charge >= 0.3 is 0 Å². The van der Waals surface area contributed by atoms with Crippen LogP contribution in [0, 0.1) is 0 Å². The number of carbonyl (C=O) groups is 1. The molecule has 0 unspecified atom stereocenters. The van der Waals surface area contributed by atoms with E-state index in [1.54, 1.807) is 21.3 Å². The van der Waals surface area contributed by atoms with Crippen LogP contribution in [-0.4, -0.2) is 38.7 Å². The van der Waals surface area contributed by atoms with Crippen LogP contribution in [0.15, 0.2) is 66.7 Å². The number of carbonyl (C=O) groups excluding carboxylic acids is 1. The van der Waals surface area contributed by atoms with Gasteiger partial charge in [-0.3, -0.25) is 4.79 Å². The van der Waals surface area contributed by atoms with Gasteiger partial charge in [-0.15, -0.1) is 0 Å². The maximum atomic E-state index is 13.4. The van der Waals surface area contributed by atoms with Crippen molar-refractivity contribution in [3.05, 3.63) is 89.0 Å². The minimum Gasteiger partial charge on any atom is -0.497 e. The summed E-state index contributed by atoms with van der Waals surface area (Å²) in [6, 6.07) is 21.1. The van der Waals surface area contributed by atoms with Gasteiger partial charge in [0.05, 0.1) is 27.4 Å². The van der Waals surface area contributed by atoms with Gasteiger partial charge in [-0.2, -0.15) is 0 Å². The largest absolute Gasteiger partial charge is 0.497 e. The molecule has 0 saturated carbocycles. The lowest BCUT2D eigenvalue weighted by Gasteiger charge is -2.38. The summed E-state index contributed by atoms with van der Waals surface area (Å²) in [6.07, 6.45) is 0.751. The average molecular weight is 403 g/mol. The second-order valence-corrected chi connectivity index (χ2v) is 7.20. The highest BCUT2D eigenvalue weighted by Gasteiger charge is 2.33. The van der Waals surface area contributed by atoms with Gasteiger partial charge in [0.25, 0.3) is 5.91 Å². The quantitative estimate of drug-likeness (QED) is 0.629. The van der Waals surface area contributed by atoms with Crippen LogP contribution >= 0.6 is 0 Å². The Morgan fingerprint density at radius 3 is 2.17 bits per heavy atom. The SMILES string of the molecule is COc1ccc([C@H]2c3cc(OC)c(OC)cc3CCN2C(=O)c2ccccc2)cc1. The summed E-state index contributed by atoms with van der Waals surface area (Å²) >= 11 is 0. The maximum Gasteiger partial charge on any atom is 0.254 e. The zero-order valence-electron chi connectivity index (χ0n) is 17.4. The van der Waals surface area contributed by atoms with Crippen molar-refractivity contribution < 1.29 is 19.0 Å². The number of fused-ring (bicyclic) bond motifs is 1. The highest BCUT2D eigenvalue weighted by molar-refractivity contribution is 5.95. The summed E-state index contributed by atoms with van der Waals surface area (Å²) in [6.45, 7) is 0.618. The molecule has 0 radical (unpaired) electrons. The minimum atomic E-state index is -0.229. The topological polar surface area (TPSA) is 48.0 Å². The van der Waals surface area contributed by atoms with Crippen LogP contribution in [0.25, 0.3) is 0 Å². The molecule has 0 saturated heterocycles. The highest BCUT2D eigenvalue weighted by atomic mass is 16.5. The standard InChI is InChI=1S/C25H25NO4/c1-28-20-11-9-17(10-12-20)24-21-16-23(30-3)22(29-2)15-19(21)13-14-26(24)25(27)18-7-5-4-6-8-18/h4-12,15-16,24H,13-14H2,1-3H3/t24-/m0/s1. The van der Waals surface area contributed by atoms with Crippen LogP contribution in [0.5, 0.6) is 17.2 Å². The third-order valence-electron chi connectivity index (χ3n) is 5.59. The zero-order chi connectivity index (χ0) is 21.1. The summed E-state index contributed by atoms with van der Waals surface area (Å²) in [5.74, 6) is 2.15. The van der Waals surface area contributed by atoms with E-state index in [-0.39, 0.29) is 11.9 Å². The first-order chi connectivity index (χ1) is 14.7. The first-order valence-corrected chi connectivity index (χ1v) is 9.91. The Hall–Kier alpha value is -3.47. The van der Waals surface area contributed by atoms with E-state index in [1.165, 1.54) is 0 Å². The number of hydrogen-bond donors (Lipinski definition) is 0. The van der Waals surface area contributed by atoms with Crippen molar-refractivity contribution in [1.29, 1.82) is 0 Å². The van der Waals surface area contributed by atoms with Crippen LogP contribution in [0.1, 0.15) is 33.1 Å². The molecular formula is C25H25NO4. The molecule has 3 aromatic carbocycles. The molecule has 0 fully saturated rings. The zero-order valence-corrected chi connectivity index (χ0v) is 17.4. The second-order valence-electron chi connectivity index (χ2n) is 7.20. The van der Waals surface area contributed by atoms with Crippen LogP contribution in [-0.2, 0) is 6.42 Å². The predicted octanol–water partition coefficient (Wildman–Crippen LogP) is 4.50. The van der Waals surface area contributed by atoms with Crippen molar-refractivity contribution in [2.24, 2.45) is 0 Å². The van der Waals surface area contributed by atoms with Gasteiger partial charge in [0.2, 0.25) is 0 Å². The molecule has 0 aliphatic carbocycles. The van der Waals surface area contributed by atoms with Gasteiger partial charge in [-0.25, -0.2) is 0 Å². The average Bonchev–Trinajstić information content (AvgIpc) is 2.82. The molecule has 1 atom stereocenters. The summed E-state index contributed by atoms with van der Waals surface area (Å²) in [4.78, 5) is 15.4. The van der Waals surface area contributed by atoms with E-state index in [0.717, 1.165) is 28.9 Å². The Balaban J connectivity index is 1.84. The van der Waals surface area contributed by atoms with Crippen molar-refractivity contribution in [3.63, 3.8) is 0 Å². The summed E-state index contributed by atoms with van der Waals surface area (Å²) in [7, 11) is 4.91. The van der Waals surface area contributed by atoms with Crippen LogP contribution in [0.4, 0.5) is 0 Å². The van der Waals surface area contributed by atoms with Crippen molar-refractivity contribution in [2.45, 2.75) is 12.5 Å². The number of rotatable bonds is 5. The van der Waals surface area contributed by atoms with Gasteiger partial charge in [0.15, 0.2) is 11.5 Å². The molecule has 1 aliphatic rings. The molecule has 0 N–H and O–H groups in total. The molecule has 3 aromatic rings. The van der Waals surface area contributed by atoms with Crippen LogP contribution in [0.2, 0.25) is 0 Å². The molecular weight excluding hydrogens is 378 g/mol. The Kier molecular flexibility index (Phi) is 5.61. The molecule has 0 spiro atoms. The molecule has 1 aliphatic heterocycles. The fourth-order valence-corrected chi connectivity index (χ4v) is 4.06. The smallest absolute Gasteiger partial charge is 0.254 e. The van der Waals surface area contributed by atoms with Crippen molar-refractivity contribution in [3.8, 4) is 17.2 Å². The molecule has 4 rings (SSSR count). The molecule has 1 amide bonds. The lowest BCUT2D eigenvalue weighted by Crippen LogP contribution is -2.40. The van der Waals surface area contributed by atoms with Gasteiger partial charge in [0.1, 0.15) is 5.75 Å². The van der Waals surface area contributed by atoms with E-state index >= 15 is 0 Å². The van der Waals surface area contributed by atoms with Crippen LogP contribution < -0.4 is 14.2 Å².